The molecule has 0 saturated carbocycles. The molecule has 5 nitrogen and oxygen atoms in total. The standard InChI is InChI=1S/C14H18N2O3S/c1-9(18)20-8-11-4-14(19)16(6-11)13-3-10(7-17)2-12(15)5-13/h2-3,5,11,17H,4,6-8,15H2,1H3. The molecule has 108 valence electrons. The van der Waals surface area contributed by atoms with E-state index in [0.717, 1.165) is 5.69 Å². The van der Waals surface area contributed by atoms with Crippen LogP contribution in [0.15, 0.2) is 18.2 Å². The maximum atomic E-state index is 12.1. The Kier molecular flexibility index (Phi) is 4.67. The van der Waals surface area contributed by atoms with Crippen molar-refractivity contribution in [3.63, 3.8) is 0 Å². The number of nitrogen functional groups attached to an aromatic ring is 1. The molecule has 3 N–H and O–H groups in total. The predicted molar refractivity (Wildman–Crippen MR) is 80.4 cm³/mol. The predicted octanol–water partition coefficient (Wildman–Crippen LogP) is 1.39. The quantitative estimate of drug-likeness (QED) is 0.820. The van der Waals surface area contributed by atoms with E-state index in [0.29, 0.717) is 30.0 Å². The summed E-state index contributed by atoms with van der Waals surface area (Å²) in [6, 6.07) is 5.19. The van der Waals surface area contributed by atoms with Crippen LogP contribution in [-0.4, -0.2) is 28.4 Å². The van der Waals surface area contributed by atoms with Gasteiger partial charge in [-0.25, -0.2) is 0 Å². The third-order valence-electron chi connectivity index (χ3n) is 3.22. The van der Waals surface area contributed by atoms with Crippen LogP contribution >= 0.6 is 11.8 Å². The number of aliphatic hydroxyl groups is 1. The molecule has 0 aliphatic carbocycles. The highest BCUT2D eigenvalue weighted by molar-refractivity contribution is 8.13. The molecular weight excluding hydrogens is 276 g/mol. The Hall–Kier alpha value is -1.53. The number of hydrogen-bond donors (Lipinski definition) is 2. The molecular formula is C14H18N2O3S. The molecule has 1 saturated heterocycles. The third kappa shape index (κ3) is 3.52. The molecule has 1 fully saturated rings. The van der Waals surface area contributed by atoms with Crippen molar-refractivity contribution in [3.05, 3.63) is 23.8 Å². The van der Waals surface area contributed by atoms with Crippen LogP contribution in [-0.2, 0) is 16.2 Å². The van der Waals surface area contributed by atoms with Gasteiger partial charge in [-0.3, -0.25) is 9.59 Å². The molecule has 0 spiro atoms. The van der Waals surface area contributed by atoms with E-state index in [1.165, 1.54) is 18.7 Å². The highest BCUT2D eigenvalue weighted by atomic mass is 32.2. The lowest BCUT2D eigenvalue weighted by Crippen LogP contribution is -2.25. The molecule has 1 aliphatic heterocycles. The average molecular weight is 294 g/mol. The molecule has 0 bridgehead atoms. The van der Waals surface area contributed by atoms with E-state index < -0.39 is 0 Å². The molecule has 0 radical (unpaired) electrons. The van der Waals surface area contributed by atoms with E-state index in [4.69, 9.17) is 5.73 Å². The van der Waals surface area contributed by atoms with Gasteiger partial charge in [0.05, 0.1) is 6.61 Å². The molecule has 1 aromatic rings. The van der Waals surface area contributed by atoms with Crippen LogP contribution in [0.2, 0.25) is 0 Å². The summed E-state index contributed by atoms with van der Waals surface area (Å²) in [6.07, 6.45) is 0.448. The normalized spacial score (nSPS) is 18.6. The van der Waals surface area contributed by atoms with Crippen molar-refractivity contribution in [2.45, 2.75) is 20.0 Å². The number of carbonyl (C=O) groups is 2. The number of anilines is 2. The molecule has 1 amide bonds. The molecule has 1 atom stereocenters. The summed E-state index contributed by atoms with van der Waals surface area (Å²) in [4.78, 5) is 24.7. The van der Waals surface area contributed by atoms with E-state index in [1.807, 2.05) is 0 Å². The Balaban J connectivity index is 2.11. The van der Waals surface area contributed by atoms with Crippen molar-refractivity contribution in [1.29, 1.82) is 0 Å². The fourth-order valence-electron chi connectivity index (χ4n) is 2.32. The summed E-state index contributed by atoms with van der Waals surface area (Å²) in [5.41, 5.74) is 7.72. The Morgan fingerprint density at radius 1 is 1.50 bits per heavy atom. The van der Waals surface area contributed by atoms with Gasteiger partial charge < -0.3 is 15.7 Å². The minimum atomic E-state index is -0.107. The zero-order chi connectivity index (χ0) is 14.7. The van der Waals surface area contributed by atoms with E-state index in [-0.39, 0.29) is 23.5 Å². The lowest BCUT2D eigenvalue weighted by Gasteiger charge is -2.18. The van der Waals surface area contributed by atoms with Crippen LogP contribution in [0.5, 0.6) is 0 Å². The number of carbonyl (C=O) groups excluding carboxylic acids is 2. The lowest BCUT2D eigenvalue weighted by atomic mass is 10.1. The summed E-state index contributed by atoms with van der Waals surface area (Å²) < 4.78 is 0. The van der Waals surface area contributed by atoms with Gasteiger partial charge in [0.25, 0.3) is 0 Å². The minimum absolute atomic E-state index is 0.0358. The summed E-state index contributed by atoms with van der Waals surface area (Å²) in [5, 5.41) is 9.26. The number of hydrogen-bond acceptors (Lipinski definition) is 5. The van der Waals surface area contributed by atoms with E-state index in [1.54, 1.807) is 23.1 Å². The van der Waals surface area contributed by atoms with Gasteiger partial charge >= 0.3 is 0 Å². The van der Waals surface area contributed by atoms with Gasteiger partial charge in [-0.05, 0) is 29.7 Å². The lowest BCUT2D eigenvalue weighted by molar-refractivity contribution is -0.117. The fraction of sp³-hybridized carbons (Fsp3) is 0.429. The Labute approximate surface area is 122 Å². The summed E-state index contributed by atoms with van der Waals surface area (Å²) in [7, 11) is 0. The van der Waals surface area contributed by atoms with Crippen LogP contribution in [0, 0.1) is 5.92 Å². The Morgan fingerprint density at radius 3 is 2.90 bits per heavy atom. The first-order chi connectivity index (χ1) is 9.49. The van der Waals surface area contributed by atoms with Gasteiger partial charge in [-0.1, -0.05) is 11.8 Å². The minimum Gasteiger partial charge on any atom is -0.399 e. The first-order valence-corrected chi connectivity index (χ1v) is 7.42. The zero-order valence-electron chi connectivity index (χ0n) is 11.3. The number of nitrogens with two attached hydrogens (primary N) is 1. The van der Waals surface area contributed by atoms with Gasteiger partial charge in [0.1, 0.15) is 0 Å². The first kappa shape index (κ1) is 14.9. The van der Waals surface area contributed by atoms with Crippen LogP contribution in [0.1, 0.15) is 18.9 Å². The highest BCUT2D eigenvalue weighted by Crippen LogP contribution is 2.29. The molecule has 2 rings (SSSR count). The summed E-state index contributed by atoms with van der Waals surface area (Å²) in [6.45, 7) is 2.02. The second-order valence-corrected chi connectivity index (χ2v) is 6.16. The zero-order valence-corrected chi connectivity index (χ0v) is 12.2. The largest absolute Gasteiger partial charge is 0.399 e. The van der Waals surface area contributed by atoms with Crippen LogP contribution in [0.25, 0.3) is 0 Å². The highest BCUT2D eigenvalue weighted by Gasteiger charge is 2.31. The van der Waals surface area contributed by atoms with E-state index >= 15 is 0 Å². The van der Waals surface area contributed by atoms with Gasteiger partial charge in [-0.15, -0.1) is 0 Å². The maximum absolute atomic E-state index is 12.1. The Bertz CT molecular complexity index is 533. The number of benzene rings is 1. The van der Waals surface area contributed by atoms with E-state index in [9.17, 15) is 14.7 Å². The van der Waals surface area contributed by atoms with Crippen molar-refractivity contribution < 1.29 is 14.7 Å². The SMILES string of the molecule is CC(=O)SCC1CC(=O)N(c2cc(N)cc(CO)c2)C1. The fourth-order valence-corrected chi connectivity index (χ4v) is 3.02. The molecule has 1 unspecified atom stereocenters. The van der Waals surface area contributed by atoms with Gasteiger partial charge in [-0.2, -0.15) is 0 Å². The number of aliphatic hydroxyl groups excluding tert-OH is 1. The Morgan fingerprint density at radius 2 is 2.25 bits per heavy atom. The molecule has 1 heterocycles. The second-order valence-electron chi connectivity index (χ2n) is 4.97. The molecule has 20 heavy (non-hydrogen) atoms. The molecule has 0 aromatic heterocycles. The second kappa shape index (κ2) is 6.28. The maximum Gasteiger partial charge on any atom is 0.227 e. The van der Waals surface area contributed by atoms with Crippen LogP contribution < -0.4 is 10.6 Å². The van der Waals surface area contributed by atoms with Gasteiger partial charge in [0.15, 0.2) is 5.12 Å². The number of thioether (sulfide) groups is 1. The van der Waals surface area contributed by atoms with Crippen molar-refractivity contribution in [2.24, 2.45) is 5.92 Å². The number of nitrogens with zero attached hydrogens (tertiary/aromatic N) is 1. The van der Waals surface area contributed by atoms with Gasteiger partial charge in [0, 0.05) is 37.0 Å². The number of amides is 1. The smallest absolute Gasteiger partial charge is 0.227 e. The summed E-state index contributed by atoms with van der Waals surface area (Å²) >= 11 is 1.26. The van der Waals surface area contributed by atoms with E-state index in [2.05, 4.69) is 0 Å². The van der Waals surface area contributed by atoms with Crippen molar-refractivity contribution in [3.8, 4) is 0 Å². The molecule has 6 heteroatoms. The molecule has 1 aromatic carbocycles. The first-order valence-electron chi connectivity index (χ1n) is 6.43. The van der Waals surface area contributed by atoms with Crippen molar-refractivity contribution in [1.82, 2.24) is 0 Å². The summed E-state index contributed by atoms with van der Waals surface area (Å²) in [5.74, 6) is 0.872. The average Bonchev–Trinajstić information content (AvgIpc) is 2.77. The van der Waals surface area contributed by atoms with Crippen LogP contribution in [0.3, 0.4) is 0 Å². The third-order valence-corrected chi connectivity index (χ3v) is 4.27. The topological polar surface area (TPSA) is 83.6 Å². The van der Waals surface area contributed by atoms with Crippen LogP contribution in [0.4, 0.5) is 11.4 Å². The van der Waals surface area contributed by atoms with Crippen molar-refractivity contribution in [2.75, 3.05) is 22.9 Å². The molecule has 1 aliphatic rings. The van der Waals surface area contributed by atoms with Crippen molar-refractivity contribution >= 4 is 34.2 Å². The monoisotopic (exact) mass is 294 g/mol. The number of rotatable bonds is 4. The van der Waals surface area contributed by atoms with Gasteiger partial charge in [0.2, 0.25) is 5.91 Å².